The first-order valence-corrected chi connectivity index (χ1v) is 7.36. The molecular weight excluding hydrogens is 362 g/mol. The highest BCUT2D eigenvalue weighted by molar-refractivity contribution is 6.33. The molecule has 0 fully saturated rings. The predicted molar refractivity (Wildman–Crippen MR) is 91.2 cm³/mol. The van der Waals surface area contributed by atoms with Crippen LogP contribution in [0.25, 0.3) is 0 Å². The number of imidazole rings is 1. The summed E-state index contributed by atoms with van der Waals surface area (Å²) in [7, 11) is 2.74. The van der Waals surface area contributed by atoms with Crippen molar-refractivity contribution in [3.63, 3.8) is 0 Å². The molecule has 0 bridgehead atoms. The van der Waals surface area contributed by atoms with Crippen LogP contribution in [0, 0.1) is 22.7 Å². The zero-order chi connectivity index (χ0) is 19.3. The summed E-state index contributed by atoms with van der Waals surface area (Å²) in [5.41, 5.74) is 5.14. The van der Waals surface area contributed by atoms with Gasteiger partial charge in [0.2, 0.25) is 5.95 Å². The van der Waals surface area contributed by atoms with Gasteiger partial charge in [0.1, 0.15) is 12.1 Å². The number of hydrazine groups is 1. The molecule has 0 aliphatic carbocycles. The predicted octanol–water partition coefficient (Wildman–Crippen LogP) is 1.75. The Balaban J connectivity index is 2.09. The summed E-state index contributed by atoms with van der Waals surface area (Å²) in [5.74, 6) is -0.494. The number of hydrogen-bond acceptors (Lipinski definition) is 7. The lowest BCUT2D eigenvalue weighted by molar-refractivity contribution is 0.0600. The van der Waals surface area contributed by atoms with Crippen molar-refractivity contribution in [1.29, 1.82) is 10.5 Å². The summed E-state index contributed by atoms with van der Waals surface area (Å²) < 4.78 is 5.91. The van der Waals surface area contributed by atoms with E-state index in [1.54, 1.807) is 6.07 Å². The number of anilines is 2. The Bertz CT molecular complexity index is 955. The second kappa shape index (κ2) is 7.88. The summed E-state index contributed by atoms with van der Waals surface area (Å²) in [5, 5.41) is 20.6. The molecule has 3 N–H and O–H groups in total. The lowest BCUT2D eigenvalue weighted by atomic mass is 10.2. The van der Waals surface area contributed by atoms with Crippen LogP contribution in [0.2, 0.25) is 5.02 Å². The van der Waals surface area contributed by atoms with E-state index in [1.165, 1.54) is 36.9 Å². The zero-order valence-corrected chi connectivity index (χ0v) is 14.4. The molecule has 11 heteroatoms. The Morgan fingerprint density at radius 1 is 1.31 bits per heavy atom. The van der Waals surface area contributed by atoms with E-state index in [0.29, 0.717) is 0 Å². The SMILES string of the molecule is COC(=O)c1ccc(Cl)c(NC(=O)NNc2nc(C#N)c(C#N)n2C)c1. The van der Waals surface area contributed by atoms with E-state index < -0.39 is 12.0 Å². The van der Waals surface area contributed by atoms with Crippen molar-refractivity contribution in [1.82, 2.24) is 15.0 Å². The van der Waals surface area contributed by atoms with Crippen molar-refractivity contribution in [2.24, 2.45) is 7.05 Å². The summed E-state index contributed by atoms with van der Waals surface area (Å²) >= 11 is 5.99. The van der Waals surface area contributed by atoms with Crippen LogP contribution in [0.1, 0.15) is 21.7 Å². The molecule has 1 aromatic carbocycles. The average molecular weight is 374 g/mol. The minimum atomic E-state index is -0.714. The van der Waals surface area contributed by atoms with Gasteiger partial charge >= 0.3 is 12.0 Å². The molecule has 0 aliphatic rings. The number of methoxy groups -OCH3 is 1. The number of rotatable bonds is 4. The van der Waals surface area contributed by atoms with Crippen molar-refractivity contribution >= 4 is 35.2 Å². The summed E-state index contributed by atoms with van der Waals surface area (Å²) in [4.78, 5) is 27.4. The molecule has 0 spiro atoms. The van der Waals surface area contributed by atoms with Gasteiger partial charge in [-0.2, -0.15) is 15.5 Å². The van der Waals surface area contributed by atoms with Gasteiger partial charge in [-0.05, 0) is 18.2 Å². The van der Waals surface area contributed by atoms with Crippen molar-refractivity contribution < 1.29 is 14.3 Å². The molecule has 2 aromatic rings. The van der Waals surface area contributed by atoms with Crippen LogP contribution in [-0.2, 0) is 11.8 Å². The number of halogens is 1. The van der Waals surface area contributed by atoms with Crippen LogP contribution in [0.15, 0.2) is 18.2 Å². The van der Waals surface area contributed by atoms with Gasteiger partial charge in [-0.25, -0.2) is 15.0 Å². The fourth-order valence-electron chi connectivity index (χ4n) is 1.95. The first kappa shape index (κ1) is 18.6. The Hall–Kier alpha value is -3.76. The Morgan fingerprint density at radius 3 is 2.62 bits per heavy atom. The minimum absolute atomic E-state index is 0.0473. The van der Waals surface area contributed by atoms with Gasteiger partial charge in [0.25, 0.3) is 0 Å². The highest BCUT2D eigenvalue weighted by Crippen LogP contribution is 2.23. The van der Waals surface area contributed by atoms with E-state index in [1.807, 2.05) is 6.07 Å². The van der Waals surface area contributed by atoms with Gasteiger partial charge in [-0.1, -0.05) is 11.6 Å². The number of ether oxygens (including phenoxy) is 1. The van der Waals surface area contributed by atoms with Crippen molar-refractivity contribution in [2.45, 2.75) is 0 Å². The third kappa shape index (κ3) is 3.83. The Kier molecular flexibility index (Phi) is 5.63. The molecule has 1 aromatic heterocycles. The van der Waals surface area contributed by atoms with Crippen LogP contribution in [0.5, 0.6) is 0 Å². The monoisotopic (exact) mass is 373 g/mol. The number of hydrogen-bond donors (Lipinski definition) is 3. The maximum absolute atomic E-state index is 12.0. The third-order valence-electron chi connectivity index (χ3n) is 3.23. The topological polar surface area (TPSA) is 145 Å². The molecule has 0 atom stereocenters. The molecule has 132 valence electrons. The zero-order valence-electron chi connectivity index (χ0n) is 13.6. The molecule has 0 unspecified atom stereocenters. The molecule has 2 amide bonds. The summed E-state index contributed by atoms with van der Waals surface area (Å²) in [6.07, 6.45) is 0. The first-order chi connectivity index (χ1) is 12.4. The standard InChI is InChI=1S/C15H12ClN7O3/c1-23-12(7-18)11(6-17)19-14(23)21-22-15(25)20-10-5-8(13(24)26-2)3-4-9(10)16/h3-5H,1-2H3,(H,19,21)(H2,20,22,25). The molecule has 0 radical (unpaired) electrons. The molecule has 10 nitrogen and oxygen atoms in total. The lowest BCUT2D eigenvalue weighted by Gasteiger charge is -2.11. The van der Waals surface area contributed by atoms with Gasteiger partial charge in [0.05, 0.1) is 23.4 Å². The molecular formula is C15H12ClN7O3. The van der Waals surface area contributed by atoms with Crippen molar-refractivity contribution in [2.75, 3.05) is 17.9 Å². The fraction of sp³-hybridized carbons (Fsp3) is 0.133. The summed E-state index contributed by atoms with van der Waals surface area (Å²) in [6.45, 7) is 0. The second-order valence-electron chi connectivity index (χ2n) is 4.81. The molecule has 0 saturated heterocycles. The fourth-order valence-corrected chi connectivity index (χ4v) is 2.11. The third-order valence-corrected chi connectivity index (χ3v) is 3.56. The smallest absolute Gasteiger partial charge is 0.337 e. The number of urea groups is 1. The van der Waals surface area contributed by atoms with E-state index in [4.69, 9.17) is 22.1 Å². The van der Waals surface area contributed by atoms with E-state index in [9.17, 15) is 9.59 Å². The lowest BCUT2D eigenvalue weighted by Crippen LogP contribution is -2.34. The Morgan fingerprint density at radius 2 is 2.04 bits per heavy atom. The number of aromatic nitrogens is 2. The normalized spacial score (nSPS) is 9.58. The highest BCUT2D eigenvalue weighted by Gasteiger charge is 2.15. The number of nitrogens with zero attached hydrogens (tertiary/aromatic N) is 4. The number of amides is 2. The van der Waals surface area contributed by atoms with Crippen LogP contribution < -0.4 is 16.2 Å². The number of esters is 1. The number of carbonyl (C=O) groups is 2. The van der Waals surface area contributed by atoms with Gasteiger partial charge < -0.3 is 14.6 Å². The number of nitriles is 2. The van der Waals surface area contributed by atoms with Gasteiger partial charge in [-0.3, -0.25) is 5.43 Å². The number of nitrogens with one attached hydrogen (secondary N) is 3. The first-order valence-electron chi connectivity index (χ1n) is 6.99. The largest absolute Gasteiger partial charge is 0.465 e. The van der Waals surface area contributed by atoms with Crippen LogP contribution >= 0.6 is 11.6 Å². The second-order valence-corrected chi connectivity index (χ2v) is 5.21. The maximum atomic E-state index is 12.0. The van der Waals surface area contributed by atoms with Crippen LogP contribution in [0.4, 0.5) is 16.4 Å². The number of carbonyl (C=O) groups excluding carboxylic acids is 2. The highest BCUT2D eigenvalue weighted by atomic mass is 35.5. The van der Waals surface area contributed by atoms with E-state index in [2.05, 4.69) is 25.9 Å². The number of benzene rings is 1. The van der Waals surface area contributed by atoms with Crippen LogP contribution in [-0.4, -0.2) is 28.7 Å². The van der Waals surface area contributed by atoms with Crippen LogP contribution in [0.3, 0.4) is 0 Å². The average Bonchev–Trinajstić information content (AvgIpc) is 2.96. The van der Waals surface area contributed by atoms with Gasteiger partial charge in [0, 0.05) is 7.05 Å². The van der Waals surface area contributed by atoms with Crippen molar-refractivity contribution in [3.8, 4) is 12.1 Å². The molecule has 2 rings (SSSR count). The van der Waals surface area contributed by atoms with Gasteiger partial charge in [-0.15, -0.1) is 0 Å². The molecule has 26 heavy (non-hydrogen) atoms. The van der Waals surface area contributed by atoms with E-state index in [0.717, 1.165) is 0 Å². The maximum Gasteiger partial charge on any atom is 0.337 e. The summed E-state index contributed by atoms with van der Waals surface area (Å²) in [6, 6.07) is 7.16. The van der Waals surface area contributed by atoms with E-state index in [-0.39, 0.29) is 33.6 Å². The van der Waals surface area contributed by atoms with E-state index >= 15 is 0 Å². The molecule has 0 aliphatic heterocycles. The minimum Gasteiger partial charge on any atom is -0.465 e. The molecule has 1 heterocycles. The molecule has 0 saturated carbocycles. The van der Waals surface area contributed by atoms with Crippen molar-refractivity contribution in [3.05, 3.63) is 40.2 Å². The Labute approximate surface area is 152 Å². The van der Waals surface area contributed by atoms with Gasteiger partial charge in [0.15, 0.2) is 11.4 Å². The quantitative estimate of drug-likeness (QED) is 0.546.